The molecular formula is C16H17N5O. The fraction of sp³-hybridized carbons (Fsp3) is 0.375. The van der Waals surface area contributed by atoms with E-state index in [-0.39, 0.29) is 12.3 Å². The van der Waals surface area contributed by atoms with Crippen molar-refractivity contribution in [2.45, 2.75) is 38.6 Å². The van der Waals surface area contributed by atoms with Crippen LogP contribution in [0.1, 0.15) is 29.9 Å². The third-order valence-corrected chi connectivity index (χ3v) is 3.68. The number of nitriles is 1. The number of fused-ring (bicyclic) bond motifs is 1. The summed E-state index contributed by atoms with van der Waals surface area (Å²) < 4.78 is 2.14. The molecule has 22 heavy (non-hydrogen) atoms. The molecule has 3 rings (SSSR count). The molecule has 0 saturated heterocycles. The molecule has 1 aliphatic rings. The Morgan fingerprint density at radius 3 is 3.18 bits per heavy atom. The van der Waals surface area contributed by atoms with Crippen molar-refractivity contribution >= 4 is 11.7 Å². The van der Waals surface area contributed by atoms with Gasteiger partial charge >= 0.3 is 0 Å². The standard InChI is InChI=1S/C16H17N5O/c17-6-4-12-5-7-18-14(9-12)20-16(22)10-13-11-21-8-2-1-3-15(21)19-13/h5,7,9,11H,1-4,8,10H2,(H,18,20,22). The van der Waals surface area contributed by atoms with Gasteiger partial charge in [-0.3, -0.25) is 4.79 Å². The second-order valence-corrected chi connectivity index (χ2v) is 5.41. The molecule has 6 heteroatoms. The van der Waals surface area contributed by atoms with Crippen LogP contribution in [0.4, 0.5) is 5.82 Å². The minimum atomic E-state index is -0.142. The number of nitrogens with zero attached hydrogens (tertiary/aromatic N) is 4. The van der Waals surface area contributed by atoms with E-state index in [4.69, 9.17) is 5.26 Å². The van der Waals surface area contributed by atoms with E-state index in [0.717, 1.165) is 36.5 Å². The number of hydrogen-bond acceptors (Lipinski definition) is 4. The van der Waals surface area contributed by atoms with Crippen molar-refractivity contribution in [3.8, 4) is 6.07 Å². The van der Waals surface area contributed by atoms with Crippen molar-refractivity contribution in [1.82, 2.24) is 14.5 Å². The highest BCUT2D eigenvalue weighted by molar-refractivity contribution is 5.91. The number of anilines is 1. The number of aryl methyl sites for hydroxylation is 2. The number of aromatic nitrogens is 3. The van der Waals surface area contributed by atoms with Gasteiger partial charge in [0, 0.05) is 25.4 Å². The molecule has 6 nitrogen and oxygen atoms in total. The first-order chi connectivity index (χ1) is 10.7. The first-order valence-corrected chi connectivity index (χ1v) is 7.41. The average molecular weight is 295 g/mol. The Bertz CT molecular complexity index is 705. The molecule has 2 aromatic rings. The van der Waals surface area contributed by atoms with Crippen LogP contribution in [-0.4, -0.2) is 20.4 Å². The van der Waals surface area contributed by atoms with E-state index in [1.54, 1.807) is 18.3 Å². The van der Waals surface area contributed by atoms with Crippen molar-refractivity contribution in [3.63, 3.8) is 0 Å². The normalized spacial score (nSPS) is 13.2. The Labute approximate surface area is 128 Å². The van der Waals surface area contributed by atoms with Gasteiger partial charge in [0.25, 0.3) is 0 Å². The summed E-state index contributed by atoms with van der Waals surface area (Å²) in [7, 11) is 0. The van der Waals surface area contributed by atoms with Crippen LogP contribution in [0.15, 0.2) is 24.5 Å². The number of hydrogen-bond donors (Lipinski definition) is 1. The van der Waals surface area contributed by atoms with Crippen LogP contribution < -0.4 is 5.32 Å². The average Bonchev–Trinajstić information content (AvgIpc) is 2.89. The SMILES string of the molecule is N#CCc1ccnc(NC(=O)Cc2cn3c(n2)CCCC3)c1. The summed E-state index contributed by atoms with van der Waals surface area (Å²) in [5.74, 6) is 1.40. The van der Waals surface area contributed by atoms with E-state index in [0.29, 0.717) is 12.2 Å². The molecule has 0 radical (unpaired) electrons. The maximum Gasteiger partial charge on any atom is 0.231 e. The third kappa shape index (κ3) is 3.31. The van der Waals surface area contributed by atoms with Gasteiger partial charge in [0.1, 0.15) is 11.6 Å². The molecule has 0 atom stereocenters. The maximum atomic E-state index is 12.1. The molecule has 3 heterocycles. The summed E-state index contributed by atoms with van der Waals surface area (Å²) in [6, 6.07) is 5.57. The van der Waals surface area contributed by atoms with Gasteiger partial charge in [0.2, 0.25) is 5.91 Å². The first-order valence-electron chi connectivity index (χ1n) is 7.41. The van der Waals surface area contributed by atoms with Gasteiger partial charge in [-0.2, -0.15) is 5.26 Å². The van der Waals surface area contributed by atoms with Gasteiger partial charge in [-0.1, -0.05) is 0 Å². The molecule has 0 aliphatic carbocycles. The van der Waals surface area contributed by atoms with Gasteiger partial charge in [-0.25, -0.2) is 9.97 Å². The molecule has 0 aromatic carbocycles. The first kappa shape index (κ1) is 14.3. The summed E-state index contributed by atoms with van der Waals surface area (Å²) in [4.78, 5) is 20.7. The molecule has 0 fully saturated rings. The van der Waals surface area contributed by atoms with Crippen LogP contribution in [0.25, 0.3) is 0 Å². The minimum absolute atomic E-state index is 0.142. The molecule has 112 valence electrons. The molecule has 1 aliphatic heterocycles. The van der Waals surface area contributed by atoms with Crippen LogP contribution in [0, 0.1) is 11.3 Å². The fourth-order valence-electron chi connectivity index (χ4n) is 2.65. The Morgan fingerprint density at radius 2 is 2.36 bits per heavy atom. The lowest BCUT2D eigenvalue weighted by molar-refractivity contribution is -0.115. The highest BCUT2D eigenvalue weighted by atomic mass is 16.1. The van der Waals surface area contributed by atoms with Crippen LogP contribution >= 0.6 is 0 Å². The molecular weight excluding hydrogens is 278 g/mol. The quantitative estimate of drug-likeness (QED) is 0.933. The number of rotatable bonds is 4. The van der Waals surface area contributed by atoms with E-state index >= 15 is 0 Å². The number of amides is 1. The van der Waals surface area contributed by atoms with Crippen LogP contribution in [0.2, 0.25) is 0 Å². The Morgan fingerprint density at radius 1 is 1.45 bits per heavy atom. The molecule has 2 aromatic heterocycles. The monoisotopic (exact) mass is 295 g/mol. The lowest BCUT2D eigenvalue weighted by Gasteiger charge is -2.11. The van der Waals surface area contributed by atoms with E-state index in [1.165, 1.54) is 6.42 Å². The minimum Gasteiger partial charge on any atom is -0.335 e. The maximum absolute atomic E-state index is 12.1. The number of nitrogens with one attached hydrogen (secondary N) is 1. The molecule has 1 amide bonds. The largest absolute Gasteiger partial charge is 0.335 e. The second-order valence-electron chi connectivity index (χ2n) is 5.41. The van der Waals surface area contributed by atoms with Crippen molar-refractivity contribution in [2.75, 3.05) is 5.32 Å². The van der Waals surface area contributed by atoms with Crippen LogP contribution in [0.3, 0.4) is 0 Å². The highest BCUT2D eigenvalue weighted by Crippen LogP contribution is 2.15. The third-order valence-electron chi connectivity index (χ3n) is 3.68. The second kappa shape index (κ2) is 6.39. The van der Waals surface area contributed by atoms with Gasteiger partial charge < -0.3 is 9.88 Å². The van der Waals surface area contributed by atoms with Gasteiger partial charge in [0.05, 0.1) is 24.6 Å². The Balaban J connectivity index is 1.64. The van der Waals surface area contributed by atoms with Crippen molar-refractivity contribution in [3.05, 3.63) is 41.6 Å². The van der Waals surface area contributed by atoms with E-state index < -0.39 is 0 Å². The van der Waals surface area contributed by atoms with Gasteiger partial charge in [-0.15, -0.1) is 0 Å². The van der Waals surface area contributed by atoms with E-state index in [1.807, 2.05) is 6.20 Å². The lowest BCUT2D eigenvalue weighted by atomic mass is 10.2. The number of carbonyl (C=O) groups excluding carboxylic acids is 1. The molecule has 0 spiro atoms. The van der Waals surface area contributed by atoms with Crippen LogP contribution in [-0.2, 0) is 30.6 Å². The zero-order valence-electron chi connectivity index (χ0n) is 12.2. The Kier molecular flexibility index (Phi) is 4.15. The summed E-state index contributed by atoms with van der Waals surface area (Å²) in [6.07, 6.45) is 7.43. The van der Waals surface area contributed by atoms with Gasteiger partial charge in [0.15, 0.2) is 0 Å². The molecule has 1 N–H and O–H groups in total. The topological polar surface area (TPSA) is 83.6 Å². The fourth-order valence-corrected chi connectivity index (χ4v) is 2.65. The van der Waals surface area contributed by atoms with Crippen LogP contribution in [0.5, 0.6) is 0 Å². The van der Waals surface area contributed by atoms with Crippen molar-refractivity contribution < 1.29 is 4.79 Å². The Hall–Kier alpha value is -2.68. The predicted octanol–water partition coefficient (Wildman–Crippen LogP) is 1.86. The van der Waals surface area contributed by atoms with E-state index in [9.17, 15) is 4.79 Å². The van der Waals surface area contributed by atoms with Crippen molar-refractivity contribution in [1.29, 1.82) is 5.26 Å². The molecule has 0 unspecified atom stereocenters. The highest BCUT2D eigenvalue weighted by Gasteiger charge is 2.14. The lowest BCUT2D eigenvalue weighted by Crippen LogP contribution is -2.15. The van der Waals surface area contributed by atoms with Crippen molar-refractivity contribution in [2.24, 2.45) is 0 Å². The zero-order valence-corrected chi connectivity index (χ0v) is 12.2. The van der Waals surface area contributed by atoms with E-state index in [2.05, 4.69) is 25.9 Å². The number of imidazole rings is 1. The number of pyridine rings is 1. The summed E-state index contributed by atoms with van der Waals surface area (Å²) >= 11 is 0. The molecule has 0 saturated carbocycles. The summed E-state index contributed by atoms with van der Waals surface area (Å²) in [6.45, 7) is 0.988. The summed E-state index contributed by atoms with van der Waals surface area (Å²) in [5, 5.41) is 11.5. The zero-order chi connectivity index (χ0) is 15.4. The molecule has 0 bridgehead atoms. The predicted molar refractivity (Wildman–Crippen MR) is 81.1 cm³/mol. The smallest absolute Gasteiger partial charge is 0.231 e. The number of carbonyl (C=O) groups is 1. The van der Waals surface area contributed by atoms with Gasteiger partial charge in [-0.05, 0) is 30.5 Å². The summed E-state index contributed by atoms with van der Waals surface area (Å²) in [5.41, 5.74) is 1.63.